The van der Waals surface area contributed by atoms with Crippen LogP contribution in [0.3, 0.4) is 0 Å². The van der Waals surface area contributed by atoms with Crippen LogP contribution < -0.4 is 14.8 Å². The molecule has 1 aliphatic heterocycles. The van der Waals surface area contributed by atoms with E-state index in [1.165, 1.54) is 0 Å². The molecule has 2 aromatic carbocycles. The SMILES string of the molecule is Cc1ccccc1OCC(=O)Nc1ccc2c(c1)CCO2. The van der Waals surface area contributed by atoms with Gasteiger partial charge in [0.15, 0.2) is 6.61 Å². The fraction of sp³-hybridized carbons (Fsp3) is 0.235. The molecule has 21 heavy (non-hydrogen) atoms. The van der Waals surface area contributed by atoms with Gasteiger partial charge >= 0.3 is 0 Å². The molecular weight excluding hydrogens is 266 g/mol. The van der Waals surface area contributed by atoms with Crippen molar-refractivity contribution in [1.82, 2.24) is 0 Å². The lowest BCUT2D eigenvalue weighted by molar-refractivity contribution is -0.118. The summed E-state index contributed by atoms with van der Waals surface area (Å²) >= 11 is 0. The van der Waals surface area contributed by atoms with Gasteiger partial charge in [0.25, 0.3) is 5.91 Å². The first kappa shape index (κ1) is 13.5. The highest BCUT2D eigenvalue weighted by atomic mass is 16.5. The highest BCUT2D eigenvalue weighted by Gasteiger charge is 2.13. The second-order valence-electron chi connectivity index (χ2n) is 5.02. The van der Waals surface area contributed by atoms with E-state index in [4.69, 9.17) is 9.47 Å². The van der Waals surface area contributed by atoms with Crippen LogP contribution >= 0.6 is 0 Å². The van der Waals surface area contributed by atoms with Crippen LogP contribution in [-0.4, -0.2) is 19.1 Å². The van der Waals surface area contributed by atoms with E-state index in [2.05, 4.69) is 5.32 Å². The second kappa shape index (κ2) is 5.87. The molecule has 1 heterocycles. The maximum atomic E-state index is 11.9. The van der Waals surface area contributed by atoms with E-state index in [-0.39, 0.29) is 12.5 Å². The molecule has 0 aliphatic carbocycles. The number of rotatable bonds is 4. The summed E-state index contributed by atoms with van der Waals surface area (Å²) in [5.41, 5.74) is 2.92. The van der Waals surface area contributed by atoms with Gasteiger partial charge in [0.2, 0.25) is 0 Å². The molecule has 0 saturated heterocycles. The van der Waals surface area contributed by atoms with Crippen LogP contribution in [0.4, 0.5) is 5.69 Å². The maximum absolute atomic E-state index is 11.9. The molecule has 0 aromatic heterocycles. The number of benzene rings is 2. The van der Waals surface area contributed by atoms with Gasteiger partial charge < -0.3 is 14.8 Å². The lowest BCUT2D eigenvalue weighted by Crippen LogP contribution is -2.20. The Morgan fingerprint density at radius 1 is 1.29 bits per heavy atom. The van der Waals surface area contributed by atoms with Crippen molar-refractivity contribution in [3.8, 4) is 11.5 Å². The highest BCUT2D eigenvalue weighted by Crippen LogP contribution is 2.27. The number of carbonyl (C=O) groups is 1. The van der Waals surface area contributed by atoms with E-state index < -0.39 is 0 Å². The summed E-state index contributed by atoms with van der Waals surface area (Å²) in [6.45, 7) is 2.66. The number of para-hydroxylation sites is 1. The summed E-state index contributed by atoms with van der Waals surface area (Å²) in [5, 5.41) is 2.84. The van der Waals surface area contributed by atoms with E-state index in [9.17, 15) is 4.79 Å². The number of fused-ring (bicyclic) bond motifs is 1. The van der Waals surface area contributed by atoms with E-state index >= 15 is 0 Å². The zero-order valence-corrected chi connectivity index (χ0v) is 11.9. The fourth-order valence-electron chi connectivity index (χ4n) is 2.32. The zero-order valence-electron chi connectivity index (χ0n) is 11.9. The van der Waals surface area contributed by atoms with Gasteiger partial charge in [0, 0.05) is 12.1 Å². The minimum absolute atomic E-state index is 0.00155. The number of carbonyl (C=O) groups excluding carboxylic acids is 1. The Bertz CT molecular complexity index is 667. The lowest BCUT2D eigenvalue weighted by atomic mass is 10.1. The zero-order chi connectivity index (χ0) is 14.7. The van der Waals surface area contributed by atoms with Crippen molar-refractivity contribution in [2.45, 2.75) is 13.3 Å². The summed E-state index contributed by atoms with van der Waals surface area (Å²) in [6.07, 6.45) is 0.888. The molecule has 0 radical (unpaired) electrons. The summed E-state index contributed by atoms with van der Waals surface area (Å²) in [6, 6.07) is 13.3. The van der Waals surface area contributed by atoms with Gasteiger partial charge in [0.1, 0.15) is 11.5 Å². The summed E-state index contributed by atoms with van der Waals surface area (Å²) in [4.78, 5) is 11.9. The number of hydrogen-bond acceptors (Lipinski definition) is 3. The van der Waals surface area contributed by atoms with Crippen molar-refractivity contribution in [3.05, 3.63) is 53.6 Å². The molecule has 1 aliphatic rings. The van der Waals surface area contributed by atoms with Gasteiger partial charge in [0.05, 0.1) is 6.61 Å². The number of aryl methyl sites for hydroxylation is 1. The van der Waals surface area contributed by atoms with Gasteiger partial charge in [-0.25, -0.2) is 0 Å². The van der Waals surface area contributed by atoms with Crippen LogP contribution in [0.2, 0.25) is 0 Å². The average Bonchev–Trinajstić information content (AvgIpc) is 2.94. The van der Waals surface area contributed by atoms with Crippen molar-refractivity contribution in [2.24, 2.45) is 0 Å². The average molecular weight is 283 g/mol. The van der Waals surface area contributed by atoms with Crippen molar-refractivity contribution in [3.63, 3.8) is 0 Å². The molecule has 0 unspecified atom stereocenters. The minimum Gasteiger partial charge on any atom is -0.493 e. The first-order valence-corrected chi connectivity index (χ1v) is 6.96. The topological polar surface area (TPSA) is 47.6 Å². The van der Waals surface area contributed by atoms with Crippen LogP contribution in [-0.2, 0) is 11.2 Å². The standard InChI is InChI=1S/C17H17NO3/c1-12-4-2-3-5-15(12)21-11-17(19)18-14-6-7-16-13(10-14)8-9-20-16/h2-7,10H,8-9,11H2,1H3,(H,18,19). The number of amides is 1. The molecule has 4 heteroatoms. The van der Waals surface area contributed by atoms with Crippen LogP contribution in [0, 0.1) is 6.92 Å². The monoisotopic (exact) mass is 283 g/mol. The van der Waals surface area contributed by atoms with Crippen molar-refractivity contribution < 1.29 is 14.3 Å². The van der Waals surface area contributed by atoms with Crippen molar-refractivity contribution >= 4 is 11.6 Å². The third-order valence-electron chi connectivity index (χ3n) is 3.43. The Morgan fingerprint density at radius 3 is 3.00 bits per heavy atom. The number of anilines is 1. The minimum atomic E-state index is -0.169. The van der Waals surface area contributed by atoms with E-state index in [0.717, 1.165) is 34.7 Å². The van der Waals surface area contributed by atoms with Crippen LogP contribution in [0.1, 0.15) is 11.1 Å². The third kappa shape index (κ3) is 3.16. The Hall–Kier alpha value is -2.49. The largest absolute Gasteiger partial charge is 0.493 e. The first-order chi connectivity index (χ1) is 10.2. The molecule has 108 valence electrons. The van der Waals surface area contributed by atoms with Crippen LogP contribution in [0.15, 0.2) is 42.5 Å². The molecule has 0 atom stereocenters. The molecule has 1 N–H and O–H groups in total. The lowest BCUT2D eigenvalue weighted by Gasteiger charge is -2.10. The molecular formula is C17H17NO3. The normalized spacial score (nSPS) is 12.4. The summed E-state index contributed by atoms with van der Waals surface area (Å²) in [7, 11) is 0. The third-order valence-corrected chi connectivity index (χ3v) is 3.43. The van der Waals surface area contributed by atoms with Crippen LogP contribution in [0.25, 0.3) is 0 Å². The Morgan fingerprint density at radius 2 is 2.14 bits per heavy atom. The molecule has 3 rings (SSSR count). The molecule has 0 spiro atoms. The molecule has 0 saturated carbocycles. The number of ether oxygens (including phenoxy) is 2. The summed E-state index contributed by atoms with van der Waals surface area (Å²) < 4.78 is 11.0. The Balaban J connectivity index is 1.58. The molecule has 4 nitrogen and oxygen atoms in total. The molecule has 2 aromatic rings. The number of hydrogen-bond donors (Lipinski definition) is 1. The molecule has 1 amide bonds. The highest BCUT2D eigenvalue weighted by molar-refractivity contribution is 5.92. The van der Waals surface area contributed by atoms with Gasteiger partial charge in [-0.05, 0) is 42.3 Å². The Kier molecular flexibility index (Phi) is 3.77. The first-order valence-electron chi connectivity index (χ1n) is 6.96. The van der Waals surface area contributed by atoms with E-state index in [0.29, 0.717) is 6.61 Å². The predicted octanol–water partition coefficient (Wildman–Crippen LogP) is 2.95. The predicted molar refractivity (Wildman–Crippen MR) is 80.9 cm³/mol. The van der Waals surface area contributed by atoms with E-state index in [1.807, 2.05) is 49.4 Å². The molecule has 0 fully saturated rings. The second-order valence-corrected chi connectivity index (χ2v) is 5.02. The van der Waals surface area contributed by atoms with Crippen molar-refractivity contribution in [2.75, 3.05) is 18.5 Å². The van der Waals surface area contributed by atoms with Crippen LogP contribution in [0.5, 0.6) is 11.5 Å². The van der Waals surface area contributed by atoms with Gasteiger partial charge in [-0.15, -0.1) is 0 Å². The molecule has 0 bridgehead atoms. The maximum Gasteiger partial charge on any atom is 0.262 e. The van der Waals surface area contributed by atoms with Gasteiger partial charge in [-0.1, -0.05) is 18.2 Å². The van der Waals surface area contributed by atoms with E-state index in [1.54, 1.807) is 0 Å². The smallest absolute Gasteiger partial charge is 0.262 e. The quantitative estimate of drug-likeness (QED) is 0.938. The number of nitrogens with one attached hydrogen (secondary N) is 1. The van der Waals surface area contributed by atoms with Gasteiger partial charge in [-0.2, -0.15) is 0 Å². The van der Waals surface area contributed by atoms with Gasteiger partial charge in [-0.3, -0.25) is 4.79 Å². The van der Waals surface area contributed by atoms with Crippen molar-refractivity contribution in [1.29, 1.82) is 0 Å². The fourth-order valence-corrected chi connectivity index (χ4v) is 2.32. The summed E-state index contributed by atoms with van der Waals surface area (Å²) in [5.74, 6) is 1.47. The Labute approximate surface area is 123 Å².